The lowest BCUT2D eigenvalue weighted by Crippen LogP contribution is -2.22. The van der Waals surface area contributed by atoms with Gasteiger partial charge in [-0.25, -0.2) is 9.59 Å². The van der Waals surface area contributed by atoms with Crippen LogP contribution in [0.2, 0.25) is 0 Å². The summed E-state index contributed by atoms with van der Waals surface area (Å²) in [5.74, 6) is -1.41. The van der Waals surface area contributed by atoms with Gasteiger partial charge >= 0.3 is 11.9 Å². The van der Waals surface area contributed by atoms with Crippen LogP contribution < -0.4 is 5.32 Å². The Morgan fingerprint density at radius 2 is 1.67 bits per heavy atom. The molecule has 1 aromatic heterocycles. The van der Waals surface area contributed by atoms with Crippen molar-refractivity contribution >= 4 is 34.2 Å². The summed E-state index contributed by atoms with van der Waals surface area (Å²) < 4.78 is 10.6. The number of carbonyl (C=O) groups is 3. The minimum absolute atomic E-state index is 0.163. The van der Waals surface area contributed by atoms with E-state index in [2.05, 4.69) is 5.32 Å². The van der Waals surface area contributed by atoms with Crippen LogP contribution in [0.4, 0.5) is 5.00 Å². The van der Waals surface area contributed by atoms with Crippen molar-refractivity contribution in [2.45, 2.75) is 47.0 Å². The molecule has 0 aliphatic rings. The van der Waals surface area contributed by atoms with Gasteiger partial charge in [-0.05, 0) is 37.8 Å². The summed E-state index contributed by atoms with van der Waals surface area (Å²) in [5, 5.41) is 3.15. The molecular weight excluding hydrogens is 402 g/mol. The molecule has 0 bridgehead atoms. The van der Waals surface area contributed by atoms with Gasteiger partial charge in [-0.3, -0.25) is 4.79 Å². The molecule has 1 heterocycles. The first-order valence-corrected chi connectivity index (χ1v) is 11.1. The Balaban J connectivity index is 2.21. The Bertz CT molecular complexity index is 871. The number of ether oxygens (including phenoxy) is 2. The lowest BCUT2D eigenvalue weighted by Gasteiger charge is -2.12. The first-order valence-electron chi connectivity index (χ1n) is 10.2. The monoisotopic (exact) mass is 431 g/mol. The van der Waals surface area contributed by atoms with E-state index in [0.717, 1.165) is 16.9 Å². The van der Waals surface area contributed by atoms with E-state index < -0.39 is 11.9 Å². The third-order valence-corrected chi connectivity index (χ3v) is 6.06. The summed E-state index contributed by atoms with van der Waals surface area (Å²) >= 11 is 1.05. The standard InChI is InChI=1S/C23H29NO5S/c1-5-17(6-2)20(25)24-21-18(22(26)28-7-3)15(4)19(30-21)23(27)29-14-13-16-11-9-8-10-12-16/h8-12,17H,5-7,13-14H2,1-4H3,(H,24,25). The van der Waals surface area contributed by atoms with E-state index >= 15 is 0 Å². The highest BCUT2D eigenvalue weighted by Crippen LogP contribution is 2.35. The lowest BCUT2D eigenvalue weighted by molar-refractivity contribution is -0.120. The van der Waals surface area contributed by atoms with Crippen molar-refractivity contribution in [2.75, 3.05) is 18.5 Å². The molecule has 0 saturated heterocycles. The number of hydrogen-bond acceptors (Lipinski definition) is 6. The van der Waals surface area contributed by atoms with Crippen molar-refractivity contribution in [1.82, 2.24) is 0 Å². The zero-order valence-electron chi connectivity index (χ0n) is 17.9. The first-order chi connectivity index (χ1) is 14.4. The lowest BCUT2D eigenvalue weighted by atomic mass is 10.0. The second kappa shape index (κ2) is 11.5. The molecule has 0 fully saturated rings. The molecular formula is C23H29NO5S. The van der Waals surface area contributed by atoms with Gasteiger partial charge in [0.15, 0.2) is 0 Å². The molecule has 7 heteroatoms. The molecule has 30 heavy (non-hydrogen) atoms. The van der Waals surface area contributed by atoms with Crippen molar-refractivity contribution < 1.29 is 23.9 Å². The second-order valence-electron chi connectivity index (χ2n) is 6.85. The molecule has 0 aliphatic heterocycles. The topological polar surface area (TPSA) is 81.7 Å². The maximum Gasteiger partial charge on any atom is 0.348 e. The Kier molecular flexibility index (Phi) is 9.05. The molecule has 0 aliphatic carbocycles. The number of carbonyl (C=O) groups excluding carboxylic acids is 3. The summed E-state index contributed by atoms with van der Waals surface area (Å²) in [5.41, 5.74) is 1.75. The second-order valence-corrected chi connectivity index (χ2v) is 7.88. The predicted molar refractivity (Wildman–Crippen MR) is 118 cm³/mol. The summed E-state index contributed by atoms with van der Waals surface area (Å²) in [4.78, 5) is 38.0. The first kappa shape index (κ1) is 23.6. The van der Waals surface area contributed by atoms with Gasteiger partial charge in [0, 0.05) is 12.3 Å². The molecule has 1 amide bonds. The number of esters is 2. The summed E-state index contributed by atoms with van der Waals surface area (Å²) in [6, 6.07) is 9.73. The average molecular weight is 432 g/mol. The molecule has 1 aromatic carbocycles. The van der Waals surface area contributed by atoms with Gasteiger partial charge in [0.05, 0.1) is 18.8 Å². The highest BCUT2D eigenvalue weighted by Gasteiger charge is 2.28. The van der Waals surface area contributed by atoms with Crippen molar-refractivity contribution in [3.05, 3.63) is 51.9 Å². The number of hydrogen-bond donors (Lipinski definition) is 1. The van der Waals surface area contributed by atoms with E-state index in [0.29, 0.717) is 34.7 Å². The largest absolute Gasteiger partial charge is 0.462 e. The molecule has 1 N–H and O–H groups in total. The fraction of sp³-hybridized carbons (Fsp3) is 0.435. The van der Waals surface area contributed by atoms with Crippen LogP contribution in [0.15, 0.2) is 30.3 Å². The van der Waals surface area contributed by atoms with Gasteiger partial charge in [-0.1, -0.05) is 44.2 Å². The van der Waals surface area contributed by atoms with Crippen molar-refractivity contribution in [2.24, 2.45) is 5.92 Å². The summed E-state index contributed by atoms with van der Waals surface area (Å²) in [6.07, 6.45) is 1.98. The van der Waals surface area contributed by atoms with Crippen LogP contribution in [0.3, 0.4) is 0 Å². The molecule has 2 rings (SSSR count). The number of nitrogens with one attached hydrogen (secondary N) is 1. The fourth-order valence-corrected chi connectivity index (χ4v) is 4.18. The van der Waals surface area contributed by atoms with Crippen LogP contribution in [0.5, 0.6) is 0 Å². The van der Waals surface area contributed by atoms with Crippen LogP contribution in [-0.2, 0) is 20.7 Å². The van der Waals surface area contributed by atoms with Gasteiger partial charge < -0.3 is 14.8 Å². The zero-order chi connectivity index (χ0) is 22.1. The van der Waals surface area contributed by atoms with Gasteiger partial charge in [0.1, 0.15) is 9.88 Å². The van der Waals surface area contributed by atoms with Crippen molar-refractivity contribution in [3.63, 3.8) is 0 Å². The van der Waals surface area contributed by atoms with Gasteiger partial charge in [0.25, 0.3) is 0 Å². The van der Waals surface area contributed by atoms with Gasteiger partial charge in [-0.15, -0.1) is 11.3 Å². The van der Waals surface area contributed by atoms with E-state index in [-0.39, 0.29) is 30.6 Å². The number of thiophene rings is 1. The van der Waals surface area contributed by atoms with E-state index in [1.165, 1.54) is 0 Å². The highest BCUT2D eigenvalue weighted by atomic mass is 32.1. The van der Waals surface area contributed by atoms with Gasteiger partial charge in [-0.2, -0.15) is 0 Å². The van der Waals surface area contributed by atoms with Crippen LogP contribution in [0, 0.1) is 12.8 Å². The Hall–Kier alpha value is -2.67. The third-order valence-electron chi connectivity index (χ3n) is 4.87. The van der Waals surface area contributed by atoms with Crippen LogP contribution in [-0.4, -0.2) is 31.1 Å². The van der Waals surface area contributed by atoms with E-state index in [9.17, 15) is 14.4 Å². The maximum atomic E-state index is 12.7. The number of amides is 1. The zero-order valence-corrected chi connectivity index (χ0v) is 18.8. The normalized spacial score (nSPS) is 10.7. The fourth-order valence-electron chi connectivity index (χ4n) is 3.09. The number of benzene rings is 1. The molecule has 6 nitrogen and oxygen atoms in total. The smallest absolute Gasteiger partial charge is 0.348 e. The quantitative estimate of drug-likeness (QED) is 0.535. The van der Waals surface area contributed by atoms with Crippen LogP contribution in [0.1, 0.15) is 64.8 Å². The van der Waals surface area contributed by atoms with E-state index in [4.69, 9.17) is 9.47 Å². The minimum Gasteiger partial charge on any atom is -0.462 e. The van der Waals surface area contributed by atoms with Crippen molar-refractivity contribution in [3.8, 4) is 0 Å². The molecule has 2 aromatic rings. The highest BCUT2D eigenvalue weighted by molar-refractivity contribution is 7.18. The number of anilines is 1. The Morgan fingerprint density at radius 3 is 2.27 bits per heavy atom. The predicted octanol–water partition coefficient (Wildman–Crippen LogP) is 5.01. The van der Waals surface area contributed by atoms with E-state index in [1.54, 1.807) is 13.8 Å². The van der Waals surface area contributed by atoms with Crippen LogP contribution in [0.25, 0.3) is 0 Å². The molecule has 0 atom stereocenters. The molecule has 0 spiro atoms. The number of rotatable bonds is 10. The SMILES string of the molecule is CCOC(=O)c1c(NC(=O)C(CC)CC)sc(C(=O)OCCc2ccccc2)c1C. The molecule has 162 valence electrons. The van der Waals surface area contributed by atoms with E-state index in [1.807, 2.05) is 44.2 Å². The average Bonchev–Trinajstić information content (AvgIpc) is 3.05. The Morgan fingerprint density at radius 1 is 1.00 bits per heavy atom. The van der Waals surface area contributed by atoms with Crippen LogP contribution >= 0.6 is 11.3 Å². The molecule has 0 unspecified atom stereocenters. The maximum absolute atomic E-state index is 12.7. The Labute approximate surface area is 181 Å². The van der Waals surface area contributed by atoms with Crippen molar-refractivity contribution in [1.29, 1.82) is 0 Å². The summed E-state index contributed by atoms with van der Waals surface area (Å²) in [6.45, 7) is 7.68. The van der Waals surface area contributed by atoms with Gasteiger partial charge in [0.2, 0.25) is 5.91 Å². The molecule has 0 saturated carbocycles. The molecule has 0 radical (unpaired) electrons. The third kappa shape index (κ3) is 5.92. The summed E-state index contributed by atoms with van der Waals surface area (Å²) in [7, 11) is 0. The minimum atomic E-state index is -0.561.